The number of benzene rings is 1. The van der Waals surface area contributed by atoms with Crippen molar-refractivity contribution in [2.24, 2.45) is 7.05 Å². The molecule has 7 heteroatoms. The Kier molecular flexibility index (Phi) is 4.22. The van der Waals surface area contributed by atoms with Crippen molar-refractivity contribution in [3.05, 3.63) is 42.1 Å². The monoisotopic (exact) mass is 288 g/mol. The van der Waals surface area contributed by atoms with Crippen LogP contribution < -0.4 is 10.1 Å². The predicted molar refractivity (Wildman–Crippen MR) is 77.3 cm³/mol. The SMILES string of the molecule is CN(C)C(=O)c1cc(NC(=O)Oc2ccccc2)nn1C. The van der Waals surface area contributed by atoms with Crippen LogP contribution in [0.5, 0.6) is 5.75 Å². The van der Waals surface area contributed by atoms with Crippen molar-refractivity contribution in [1.82, 2.24) is 14.7 Å². The fourth-order valence-electron chi connectivity index (χ4n) is 1.68. The average molecular weight is 288 g/mol. The zero-order valence-corrected chi connectivity index (χ0v) is 12.0. The van der Waals surface area contributed by atoms with Crippen LogP contribution in [0.2, 0.25) is 0 Å². The summed E-state index contributed by atoms with van der Waals surface area (Å²) in [6.07, 6.45) is -0.664. The molecule has 0 bridgehead atoms. The van der Waals surface area contributed by atoms with Crippen molar-refractivity contribution < 1.29 is 14.3 Å². The summed E-state index contributed by atoms with van der Waals surface area (Å²) in [7, 11) is 4.92. The molecule has 0 radical (unpaired) electrons. The Morgan fingerprint density at radius 1 is 1.24 bits per heavy atom. The zero-order valence-electron chi connectivity index (χ0n) is 12.0. The number of hydrogen-bond acceptors (Lipinski definition) is 4. The molecule has 1 aromatic heterocycles. The molecule has 1 heterocycles. The molecule has 0 aliphatic heterocycles. The van der Waals surface area contributed by atoms with E-state index in [9.17, 15) is 9.59 Å². The van der Waals surface area contributed by atoms with Crippen LogP contribution in [-0.2, 0) is 7.05 Å². The van der Waals surface area contributed by atoms with E-state index in [1.54, 1.807) is 45.4 Å². The topological polar surface area (TPSA) is 76.5 Å². The van der Waals surface area contributed by atoms with E-state index in [4.69, 9.17) is 4.74 Å². The Morgan fingerprint density at radius 3 is 2.52 bits per heavy atom. The largest absolute Gasteiger partial charge is 0.418 e. The molecule has 7 nitrogen and oxygen atoms in total. The van der Waals surface area contributed by atoms with Crippen LogP contribution in [-0.4, -0.2) is 40.8 Å². The highest BCUT2D eigenvalue weighted by Gasteiger charge is 2.16. The first kappa shape index (κ1) is 14.6. The van der Waals surface area contributed by atoms with Gasteiger partial charge in [0.2, 0.25) is 0 Å². The summed E-state index contributed by atoms with van der Waals surface area (Å²) in [5, 5.41) is 6.53. The maximum atomic E-state index is 11.9. The van der Waals surface area contributed by atoms with Crippen LogP contribution >= 0.6 is 0 Å². The van der Waals surface area contributed by atoms with Gasteiger partial charge < -0.3 is 9.64 Å². The molecule has 0 saturated carbocycles. The van der Waals surface area contributed by atoms with E-state index < -0.39 is 6.09 Å². The molecular weight excluding hydrogens is 272 g/mol. The second-order valence-corrected chi connectivity index (χ2v) is 4.57. The standard InChI is InChI=1S/C14H16N4O3/c1-17(2)13(19)11-9-12(16-18(11)3)15-14(20)21-10-7-5-4-6-8-10/h4-9H,1-3H3,(H,15,16,20). The van der Waals surface area contributed by atoms with Gasteiger partial charge in [-0.25, -0.2) is 4.79 Å². The number of nitrogens with one attached hydrogen (secondary N) is 1. The van der Waals surface area contributed by atoms with Crippen molar-refractivity contribution in [2.75, 3.05) is 19.4 Å². The van der Waals surface area contributed by atoms with Crippen LogP contribution in [0.15, 0.2) is 36.4 Å². The van der Waals surface area contributed by atoms with E-state index in [1.807, 2.05) is 6.07 Å². The van der Waals surface area contributed by atoms with Crippen LogP contribution in [0.1, 0.15) is 10.5 Å². The summed E-state index contributed by atoms with van der Waals surface area (Å²) in [4.78, 5) is 25.0. The molecule has 0 aliphatic carbocycles. The Bertz CT molecular complexity index is 649. The molecule has 0 fully saturated rings. The average Bonchev–Trinajstić information content (AvgIpc) is 2.79. The maximum Gasteiger partial charge on any atom is 0.418 e. The van der Waals surface area contributed by atoms with Gasteiger partial charge in [-0.1, -0.05) is 18.2 Å². The molecule has 2 aromatic rings. The summed E-state index contributed by atoms with van der Waals surface area (Å²) >= 11 is 0. The van der Waals surface area contributed by atoms with Crippen LogP contribution in [0.3, 0.4) is 0 Å². The lowest BCUT2D eigenvalue weighted by Crippen LogP contribution is -2.24. The maximum absolute atomic E-state index is 11.9. The molecule has 0 unspecified atom stereocenters. The van der Waals surface area contributed by atoms with Crippen molar-refractivity contribution >= 4 is 17.8 Å². The van der Waals surface area contributed by atoms with E-state index in [2.05, 4.69) is 10.4 Å². The van der Waals surface area contributed by atoms with Gasteiger partial charge in [-0.15, -0.1) is 0 Å². The Labute approximate surface area is 122 Å². The van der Waals surface area contributed by atoms with Gasteiger partial charge in [-0.3, -0.25) is 14.8 Å². The van der Waals surface area contributed by atoms with Crippen LogP contribution in [0, 0.1) is 0 Å². The lowest BCUT2D eigenvalue weighted by Gasteiger charge is -2.08. The second kappa shape index (κ2) is 6.08. The summed E-state index contributed by atoms with van der Waals surface area (Å²) in [6.45, 7) is 0. The van der Waals surface area contributed by atoms with E-state index in [0.717, 1.165) is 0 Å². The number of nitrogens with zero attached hydrogens (tertiary/aromatic N) is 3. The fraction of sp³-hybridized carbons (Fsp3) is 0.214. The van der Waals surface area contributed by atoms with E-state index in [-0.39, 0.29) is 11.7 Å². The van der Waals surface area contributed by atoms with Gasteiger partial charge in [0.05, 0.1) is 0 Å². The lowest BCUT2D eigenvalue weighted by molar-refractivity contribution is 0.0817. The highest BCUT2D eigenvalue weighted by atomic mass is 16.6. The minimum Gasteiger partial charge on any atom is -0.410 e. The van der Waals surface area contributed by atoms with Gasteiger partial charge in [0.15, 0.2) is 5.82 Å². The third-order valence-corrected chi connectivity index (χ3v) is 2.69. The molecule has 0 saturated heterocycles. The van der Waals surface area contributed by atoms with Crippen LogP contribution in [0.25, 0.3) is 0 Å². The number of para-hydroxylation sites is 1. The molecule has 1 N–H and O–H groups in total. The molecule has 0 atom stereocenters. The second-order valence-electron chi connectivity index (χ2n) is 4.57. The summed E-state index contributed by atoms with van der Waals surface area (Å²) in [5.41, 5.74) is 0.370. The third-order valence-electron chi connectivity index (χ3n) is 2.69. The quantitative estimate of drug-likeness (QED) is 0.933. The van der Waals surface area contributed by atoms with Crippen molar-refractivity contribution in [3.63, 3.8) is 0 Å². The Hall–Kier alpha value is -2.83. The first-order chi connectivity index (χ1) is 9.97. The molecule has 110 valence electrons. The molecule has 0 aliphatic rings. The highest BCUT2D eigenvalue weighted by molar-refractivity contribution is 5.94. The number of aromatic nitrogens is 2. The molecule has 2 rings (SSSR count). The number of carbonyl (C=O) groups excluding carboxylic acids is 2. The summed E-state index contributed by atoms with van der Waals surface area (Å²) < 4.78 is 6.48. The van der Waals surface area contributed by atoms with Crippen molar-refractivity contribution in [3.8, 4) is 5.75 Å². The van der Waals surface area contributed by atoms with Gasteiger partial charge in [0.1, 0.15) is 11.4 Å². The van der Waals surface area contributed by atoms with Gasteiger partial charge in [0, 0.05) is 27.2 Å². The Morgan fingerprint density at radius 2 is 1.90 bits per heavy atom. The first-order valence-corrected chi connectivity index (χ1v) is 6.27. The molecule has 21 heavy (non-hydrogen) atoms. The lowest BCUT2D eigenvalue weighted by atomic mass is 10.3. The number of amides is 2. The minimum absolute atomic E-state index is 0.200. The number of ether oxygens (including phenoxy) is 1. The smallest absolute Gasteiger partial charge is 0.410 e. The predicted octanol–water partition coefficient (Wildman–Crippen LogP) is 1.73. The van der Waals surface area contributed by atoms with Crippen molar-refractivity contribution in [2.45, 2.75) is 0 Å². The molecule has 2 amide bonds. The summed E-state index contributed by atoms with van der Waals surface area (Å²) in [5.74, 6) is 0.480. The fourth-order valence-corrected chi connectivity index (χ4v) is 1.68. The van der Waals surface area contributed by atoms with Gasteiger partial charge in [-0.2, -0.15) is 5.10 Å². The summed E-state index contributed by atoms with van der Waals surface area (Å²) in [6, 6.07) is 10.2. The number of hydrogen-bond donors (Lipinski definition) is 1. The van der Waals surface area contributed by atoms with Gasteiger partial charge in [0.25, 0.3) is 5.91 Å². The normalized spacial score (nSPS) is 10.0. The van der Waals surface area contributed by atoms with Crippen LogP contribution in [0.4, 0.5) is 10.6 Å². The zero-order chi connectivity index (χ0) is 15.4. The minimum atomic E-state index is -0.664. The molecular formula is C14H16N4O3. The van der Waals surface area contributed by atoms with Gasteiger partial charge >= 0.3 is 6.09 Å². The first-order valence-electron chi connectivity index (χ1n) is 6.27. The molecule has 1 aromatic carbocycles. The third kappa shape index (κ3) is 3.59. The number of carbonyl (C=O) groups is 2. The molecule has 0 spiro atoms. The van der Waals surface area contributed by atoms with Gasteiger partial charge in [-0.05, 0) is 12.1 Å². The van der Waals surface area contributed by atoms with E-state index in [0.29, 0.717) is 11.4 Å². The highest BCUT2D eigenvalue weighted by Crippen LogP contribution is 2.12. The number of rotatable bonds is 3. The Balaban J connectivity index is 2.05. The van der Waals surface area contributed by atoms with E-state index >= 15 is 0 Å². The number of aryl methyl sites for hydroxylation is 1. The number of anilines is 1. The van der Waals surface area contributed by atoms with E-state index in [1.165, 1.54) is 15.6 Å². The van der Waals surface area contributed by atoms with Crippen molar-refractivity contribution in [1.29, 1.82) is 0 Å².